The molecular formula is C25H28FN3O6. The molecule has 0 radical (unpaired) electrons. The van der Waals surface area contributed by atoms with Crippen molar-refractivity contribution in [3.63, 3.8) is 0 Å². The third-order valence-electron chi connectivity index (χ3n) is 6.97. The van der Waals surface area contributed by atoms with Crippen LogP contribution in [0.3, 0.4) is 0 Å². The van der Waals surface area contributed by atoms with Gasteiger partial charge in [-0.25, -0.2) is 4.39 Å². The number of carbonyl (C=O) groups is 3. The van der Waals surface area contributed by atoms with Gasteiger partial charge in [0.25, 0.3) is 11.8 Å². The Kier molecular flexibility index (Phi) is 6.57. The lowest BCUT2D eigenvalue weighted by Gasteiger charge is -2.44. The zero-order valence-corrected chi connectivity index (χ0v) is 19.3. The molecule has 2 aromatic rings. The monoisotopic (exact) mass is 485 g/mol. The van der Waals surface area contributed by atoms with Crippen molar-refractivity contribution in [2.75, 3.05) is 32.8 Å². The topological polar surface area (TPSA) is 101 Å². The highest BCUT2D eigenvalue weighted by Crippen LogP contribution is 2.39. The Balaban J connectivity index is 1.35. The van der Waals surface area contributed by atoms with Crippen LogP contribution in [0.15, 0.2) is 47.1 Å². The minimum atomic E-state index is -1.04. The largest absolute Gasteiger partial charge is 0.459 e. The maximum Gasteiger partial charge on any atom is 0.289 e. The van der Waals surface area contributed by atoms with Crippen LogP contribution in [0, 0.1) is 5.82 Å². The molecule has 1 spiro atoms. The zero-order valence-electron chi connectivity index (χ0n) is 19.3. The van der Waals surface area contributed by atoms with Crippen LogP contribution in [0.25, 0.3) is 0 Å². The number of benzene rings is 1. The van der Waals surface area contributed by atoms with E-state index in [1.165, 1.54) is 35.4 Å². The van der Waals surface area contributed by atoms with E-state index in [0.717, 1.165) is 12.8 Å². The van der Waals surface area contributed by atoms with Crippen molar-refractivity contribution in [1.29, 1.82) is 0 Å². The van der Waals surface area contributed by atoms with Crippen molar-refractivity contribution in [3.05, 3.63) is 59.8 Å². The second-order valence-electron chi connectivity index (χ2n) is 9.10. The van der Waals surface area contributed by atoms with Gasteiger partial charge in [0.2, 0.25) is 5.91 Å². The number of likely N-dealkylation sites (tertiary alicyclic amines) is 1. The molecule has 2 atom stereocenters. The fourth-order valence-corrected chi connectivity index (χ4v) is 5.05. The summed E-state index contributed by atoms with van der Waals surface area (Å²) in [6, 6.07) is 7.66. The zero-order chi connectivity index (χ0) is 24.4. The van der Waals surface area contributed by atoms with Gasteiger partial charge in [-0.2, -0.15) is 0 Å². The van der Waals surface area contributed by atoms with Gasteiger partial charge < -0.3 is 24.1 Å². The average molecular weight is 486 g/mol. The number of ether oxygens (including phenoxy) is 2. The van der Waals surface area contributed by atoms with E-state index >= 15 is 0 Å². The van der Waals surface area contributed by atoms with Crippen molar-refractivity contribution in [3.8, 4) is 0 Å². The van der Waals surface area contributed by atoms with E-state index in [4.69, 9.17) is 13.9 Å². The van der Waals surface area contributed by atoms with Gasteiger partial charge in [-0.3, -0.25) is 19.3 Å². The van der Waals surface area contributed by atoms with Crippen LogP contribution in [0.1, 0.15) is 46.6 Å². The number of nitrogens with zero attached hydrogens (tertiary/aromatic N) is 2. The Morgan fingerprint density at radius 3 is 2.51 bits per heavy atom. The lowest BCUT2D eigenvalue weighted by molar-refractivity contribution is -0.128. The minimum Gasteiger partial charge on any atom is -0.459 e. The van der Waals surface area contributed by atoms with Crippen molar-refractivity contribution in [2.24, 2.45) is 0 Å². The summed E-state index contributed by atoms with van der Waals surface area (Å²) in [5.74, 6) is -1.17. The Labute approximate surface area is 202 Å². The Bertz CT molecular complexity index is 1060. The molecule has 3 fully saturated rings. The summed E-state index contributed by atoms with van der Waals surface area (Å²) in [7, 11) is 0. The first-order valence-corrected chi connectivity index (χ1v) is 11.9. The lowest BCUT2D eigenvalue weighted by Crippen LogP contribution is -2.60. The SMILES string of the molecule is O=C(NCC1CCCO1)C1COC2(CCN(C(=O)c3ccco3)CC2)N1C(=O)c1ccc(F)cc1. The highest BCUT2D eigenvalue weighted by molar-refractivity contribution is 5.98. The smallest absolute Gasteiger partial charge is 0.289 e. The van der Waals surface area contributed by atoms with Crippen molar-refractivity contribution in [1.82, 2.24) is 15.1 Å². The predicted molar refractivity (Wildman–Crippen MR) is 121 cm³/mol. The van der Waals surface area contributed by atoms with Crippen molar-refractivity contribution >= 4 is 17.7 Å². The molecule has 1 aromatic heterocycles. The number of hydrogen-bond donors (Lipinski definition) is 1. The molecule has 10 heteroatoms. The second-order valence-corrected chi connectivity index (χ2v) is 9.10. The molecule has 186 valence electrons. The fourth-order valence-electron chi connectivity index (χ4n) is 5.05. The van der Waals surface area contributed by atoms with Gasteiger partial charge in [0.05, 0.1) is 19.0 Å². The third-order valence-corrected chi connectivity index (χ3v) is 6.97. The molecule has 5 rings (SSSR count). The molecule has 0 saturated carbocycles. The van der Waals surface area contributed by atoms with Gasteiger partial charge in [0.1, 0.15) is 17.6 Å². The number of hydrogen-bond acceptors (Lipinski definition) is 6. The summed E-state index contributed by atoms with van der Waals surface area (Å²) in [5, 5.41) is 2.90. The Hall–Kier alpha value is -3.24. The number of amides is 3. The van der Waals surface area contributed by atoms with Crippen molar-refractivity contribution in [2.45, 2.75) is 43.6 Å². The average Bonchev–Trinajstić information content (AvgIpc) is 3.65. The number of piperidine rings is 1. The quantitative estimate of drug-likeness (QED) is 0.697. The molecule has 0 bridgehead atoms. The Morgan fingerprint density at radius 1 is 1.09 bits per heavy atom. The summed E-state index contributed by atoms with van der Waals surface area (Å²) in [5.41, 5.74) is -0.778. The highest BCUT2D eigenvalue weighted by Gasteiger charge is 2.54. The molecule has 4 heterocycles. The molecule has 3 saturated heterocycles. The van der Waals surface area contributed by atoms with E-state index in [0.29, 0.717) is 39.1 Å². The van der Waals surface area contributed by atoms with Gasteiger partial charge in [0, 0.05) is 44.6 Å². The molecule has 1 N–H and O–H groups in total. The maximum absolute atomic E-state index is 13.6. The van der Waals surface area contributed by atoms with Crippen molar-refractivity contribution < 1.29 is 32.7 Å². The van der Waals surface area contributed by atoms with E-state index in [-0.39, 0.29) is 35.8 Å². The molecular weight excluding hydrogens is 457 g/mol. The number of furan rings is 1. The van der Waals surface area contributed by atoms with E-state index in [9.17, 15) is 18.8 Å². The molecule has 35 heavy (non-hydrogen) atoms. The number of halogens is 1. The van der Waals surface area contributed by atoms with Crippen LogP contribution in [-0.2, 0) is 14.3 Å². The van der Waals surface area contributed by atoms with Crippen LogP contribution < -0.4 is 5.32 Å². The summed E-state index contributed by atoms with van der Waals surface area (Å²) in [4.78, 5) is 42.7. The molecule has 0 aliphatic carbocycles. The molecule has 3 amide bonds. The van der Waals surface area contributed by atoms with Crippen LogP contribution in [-0.4, -0.2) is 78.2 Å². The highest BCUT2D eigenvalue weighted by atomic mass is 19.1. The molecule has 1 aromatic carbocycles. The van der Waals surface area contributed by atoms with E-state index in [1.807, 2.05) is 0 Å². The molecule has 3 aliphatic rings. The Morgan fingerprint density at radius 2 is 1.86 bits per heavy atom. The molecule has 2 unspecified atom stereocenters. The van der Waals surface area contributed by atoms with E-state index in [2.05, 4.69) is 5.32 Å². The minimum absolute atomic E-state index is 0.0349. The second kappa shape index (κ2) is 9.79. The van der Waals surface area contributed by atoms with Gasteiger partial charge >= 0.3 is 0 Å². The first-order valence-electron chi connectivity index (χ1n) is 11.9. The van der Waals surface area contributed by atoms with Gasteiger partial charge in [-0.05, 0) is 49.2 Å². The number of nitrogens with one attached hydrogen (secondary N) is 1. The molecule has 3 aliphatic heterocycles. The summed E-state index contributed by atoms with van der Waals surface area (Å²) in [6.07, 6.45) is 3.92. The van der Waals surface area contributed by atoms with Crippen LogP contribution in [0.2, 0.25) is 0 Å². The predicted octanol–water partition coefficient (Wildman–Crippen LogP) is 2.19. The molecule has 9 nitrogen and oxygen atoms in total. The normalized spacial score (nSPS) is 23.6. The third kappa shape index (κ3) is 4.68. The van der Waals surface area contributed by atoms with Gasteiger partial charge in [0.15, 0.2) is 5.76 Å². The van der Waals surface area contributed by atoms with Gasteiger partial charge in [-0.15, -0.1) is 0 Å². The summed E-state index contributed by atoms with van der Waals surface area (Å²) >= 11 is 0. The first-order chi connectivity index (χ1) is 17.0. The number of carbonyl (C=O) groups excluding carboxylic acids is 3. The fraction of sp³-hybridized carbons (Fsp3) is 0.480. The first kappa shape index (κ1) is 23.5. The van der Waals surface area contributed by atoms with Gasteiger partial charge in [-0.1, -0.05) is 0 Å². The van der Waals surface area contributed by atoms with Crippen LogP contribution >= 0.6 is 0 Å². The van der Waals surface area contributed by atoms with Crippen LogP contribution in [0.4, 0.5) is 4.39 Å². The van der Waals surface area contributed by atoms with E-state index in [1.54, 1.807) is 17.0 Å². The number of rotatable bonds is 5. The van der Waals surface area contributed by atoms with Crippen LogP contribution in [0.5, 0.6) is 0 Å². The standard InChI is InChI=1S/C25H28FN3O6/c26-18-7-5-17(6-8-18)23(31)29-20(22(30)27-15-19-3-1-13-33-19)16-35-25(29)9-11-28(12-10-25)24(32)21-4-2-14-34-21/h2,4-8,14,19-20H,1,3,9-13,15-16H2,(H,27,30). The summed E-state index contributed by atoms with van der Waals surface area (Å²) in [6.45, 7) is 1.75. The van der Waals surface area contributed by atoms with E-state index < -0.39 is 23.5 Å². The lowest BCUT2D eigenvalue weighted by atomic mass is 9.96. The summed E-state index contributed by atoms with van der Waals surface area (Å²) < 4.78 is 30.5. The maximum atomic E-state index is 13.6.